The number of anilines is 3. The summed E-state index contributed by atoms with van der Waals surface area (Å²) in [5.41, 5.74) is 21.9. The summed E-state index contributed by atoms with van der Waals surface area (Å²) in [4.78, 5) is 2.46. The van der Waals surface area contributed by atoms with Gasteiger partial charge in [0.25, 0.3) is 0 Å². The van der Waals surface area contributed by atoms with Crippen LogP contribution in [0.5, 0.6) is 0 Å². The van der Waals surface area contributed by atoms with Gasteiger partial charge in [0.1, 0.15) is 11.2 Å². The van der Waals surface area contributed by atoms with Crippen molar-refractivity contribution in [3.05, 3.63) is 283 Å². The molecule has 1 spiro atoms. The van der Waals surface area contributed by atoms with Crippen molar-refractivity contribution < 1.29 is 4.42 Å². The zero-order chi connectivity index (χ0) is 46.6. The fourth-order valence-corrected chi connectivity index (χ4v) is 12.4. The molecular weight excluding hydrogens is 859 g/mol. The van der Waals surface area contributed by atoms with Crippen molar-refractivity contribution in [3.63, 3.8) is 0 Å². The number of hydrogen-bond acceptors (Lipinski definition) is 2. The van der Waals surface area contributed by atoms with E-state index in [1.807, 2.05) is 0 Å². The van der Waals surface area contributed by atoms with Crippen molar-refractivity contribution in [2.75, 3.05) is 4.90 Å². The van der Waals surface area contributed by atoms with Crippen molar-refractivity contribution in [1.29, 1.82) is 0 Å². The second-order valence-electron chi connectivity index (χ2n) is 19.1. The average Bonchev–Trinajstić information content (AvgIpc) is 4.06. The molecule has 2 aliphatic carbocycles. The summed E-state index contributed by atoms with van der Waals surface area (Å²) in [5.74, 6) is 0. The number of benzene rings is 12. The molecule has 71 heavy (non-hydrogen) atoms. The van der Waals surface area contributed by atoms with Crippen LogP contribution in [0.25, 0.3) is 99.1 Å². The van der Waals surface area contributed by atoms with Gasteiger partial charge in [-0.3, -0.25) is 0 Å². The Labute approximate surface area is 412 Å². The quantitative estimate of drug-likeness (QED) is 0.165. The summed E-state index contributed by atoms with van der Waals surface area (Å²) in [7, 11) is 0. The van der Waals surface area contributed by atoms with Crippen molar-refractivity contribution in [2.45, 2.75) is 5.41 Å². The highest BCUT2D eigenvalue weighted by Crippen LogP contribution is 2.63. The van der Waals surface area contributed by atoms with Gasteiger partial charge in [-0.05, 0) is 131 Å². The van der Waals surface area contributed by atoms with Gasteiger partial charge in [0.2, 0.25) is 0 Å². The fraction of sp³-hybridized carbons (Fsp3) is 0.0145. The van der Waals surface area contributed by atoms with Crippen LogP contribution in [-0.4, -0.2) is 0 Å². The van der Waals surface area contributed by atoms with Crippen molar-refractivity contribution in [2.24, 2.45) is 0 Å². The minimum Gasteiger partial charge on any atom is -0.455 e. The Morgan fingerprint density at radius 1 is 0.282 bits per heavy atom. The molecule has 0 saturated carbocycles. The maximum atomic E-state index is 6.92. The number of rotatable bonds is 6. The highest BCUT2D eigenvalue weighted by Gasteiger charge is 2.51. The van der Waals surface area contributed by atoms with E-state index in [-0.39, 0.29) is 0 Å². The highest BCUT2D eigenvalue weighted by molar-refractivity contribution is 6.14. The number of furan rings is 1. The molecule has 0 N–H and O–H groups in total. The Morgan fingerprint density at radius 2 is 0.761 bits per heavy atom. The summed E-state index contributed by atoms with van der Waals surface area (Å²) in [6.45, 7) is 0. The zero-order valence-corrected chi connectivity index (χ0v) is 38.7. The molecule has 0 bridgehead atoms. The molecule has 0 atom stereocenters. The van der Waals surface area contributed by atoms with Crippen molar-refractivity contribution in [1.82, 2.24) is 0 Å². The first-order chi connectivity index (χ1) is 35.2. The number of fused-ring (bicyclic) bond motifs is 15. The average molecular weight is 902 g/mol. The van der Waals surface area contributed by atoms with E-state index in [2.05, 4.69) is 266 Å². The van der Waals surface area contributed by atoms with Gasteiger partial charge >= 0.3 is 0 Å². The Morgan fingerprint density at radius 3 is 1.46 bits per heavy atom. The standard InChI is InChI=1S/C69H43NO/c1-2-17-49-42-67-61(41-48(49)16-1)60-26-14-25-59(68(60)71-67)58-23-8-12-30-66(58)70(50-37-35-45(36-38-50)44-31-33-47(34-32-44)53-24-13-18-46-15-3-4-19-52(46)53)51-39-40-57-56-22-7-11-29-64(56)69(65(57)43-51)62-27-9-5-20-54(62)55-21-6-10-28-63(55)69/h1-43H. The van der Waals surface area contributed by atoms with E-state index in [1.165, 1.54) is 82.7 Å². The van der Waals surface area contributed by atoms with Crippen LogP contribution in [0.4, 0.5) is 17.1 Å². The van der Waals surface area contributed by atoms with Gasteiger partial charge < -0.3 is 9.32 Å². The van der Waals surface area contributed by atoms with Gasteiger partial charge in [0.15, 0.2) is 0 Å². The largest absolute Gasteiger partial charge is 0.455 e. The minimum atomic E-state index is -0.480. The lowest BCUT2D eigenvalue weighted by Crippen LogP contribution is -2.26. The van der Waals surface area contributed by atoms with Crippen LogP contribution in [0.3, 0.4) is 0 Å². The topological polar surface area (TPSA) is 16.4 Å². The normalized spacial score (nSPS) is 12.9. The molecule has 330 valence electrons. The summed E-state index contributed by atoms with van der Waals surface area (Å²) < 4.78 is 6.92. The van der Waals surface area contributed by atoms with E-state index < -0.39 is 5.41 Å². The van der Waals surface area contributed by atoms with Crippen LogP contribution >= 0.6 is 0 Å². The third-order valence-corrected chi connectivity index (χ3v) is 15.5. The van der Waals surface area contributed by atoms with Crippen molar-refractivity contribution >= 4 is 60.5 Å². The molecule has 0 radical (unpaired) electrons. The summed E-state index contributed by atoms with van der Waals surface area (Å²) in [6, 6.07) is 96.1. The van der Waals surface area contributed by atoms with E-state index >= 15 is 0 Å². The highest BCUT2D eigenvalue weighted by atomic mass is 16.3. The molecule has 0 saturated heterocycles. The van der Waals surface area contributed by atoms with Gasteiger partial charge in [0.05, 0.1) is 11.1 Å². The van der Waals surface area contributed by atoms with Crippen LogP contribution in [0, 0.1) is 0 Å². The predicted molar refractivity (Wildman–Crippen MR) is 296 cm³/mol. The molecule has 2 aliphatic rings. The Kier molecular flexibility index (Phi) is 8.61. The van der Waals surface area contributed by atoms with Crippen LogP contribution in [0.2, 0.25) is 0 Å². The first-order valence-corrected chi connectivity index (χ1v) is 24.6. The second kappa shape index (κ2) is 15.4. The minimum absolute atomic E-state index is 0.480. The Bertz CT molecular complexity index is 4220. The molecule has 0 unspecified atom stereocenters. The molecule has 1 aromatic heterocycles. The van der Waals surface area contributed by atoms with Gasteiger partial charge in [-0.25, -0.2) is 0 Å². The number of para-hydroxylation sites is 2. The number of hydrogen-bond donors (Lipinski definition) is 0. The molecule has 0 aliphatic heterocycles. The molecule has 2 heteroatoms. The van der Waals surface area contributed by atoms with Gasteiger partial charge in [-0.1, -0.05) is 218 Å². The first-order valence-electron chi connectivity index (χ1n) is 24.6. The molecule has 15 rings (SSSR count). The SMILES string of the molecule is c1ccc(N(c2ccc(-c3ccc(-c4cccc5ccccc45)cc3)cc2)c2ccc3c(c2)C2(c4ccccc4-c4ccccc42)c2ccccc2-3)c(-c2cccc3c2oc2cc4ccccc4cc23)c1. The third-order valence-electron chi connectivity index (χ3n) is 15.5. The van der Waals surface area contributed by atoms with Gasteiger partial charge in [-0.15, -0.1) is 0 Å². The molecule has 2 nitrogen and oxygen atoms in total. The Hall–Kier alpha value is -9.24. The van der Waals surface area contributed by atoms with E-state index in [4.69, 9.17) is 4.42 Å². The Balaban J connectivity index is 0.922. The molecule has 0 fully saturated rings. The summed E-state index contributed by atoms with van der Waals surface area (Å²) in [6.07, 6.45) is 0. The van der Waals surface area contributed by atoms with Crippen molar-refractivity contribution in [3.8, 4) is 55.6 Å². The maximum absolute atomic E-state index is 6.92. The van der Waals surface area contributed by atoms with E-state index in [0.29, 0.717) is 0 Å². The summed E-state index contributed by atoms with van der Waals surface area (Å²) >= 11 is 0. The fourth-order valence-electron chi connectivity index (χ4n) is 12.4. The summed E-state index contributed by atoms with van der Waals surface area (Å²) in [5, 5.41) is 7.11. The smallest absolute Gasteiger partial charge is 0.143 e. The lowest BCUT2D eigenvalue weighted by molar-refractivity contribution is 0.670. The molecule has 0 amide bonds. The monoisotopic (exact) mass is 901 g/mol. The third kappa shape index (κ3) is 5.83. The maximum Gasteiger partial charge on any atom is 0.143 e. The molecule has 13 aromatic rings. The lowest BCUT2D eigenvalue weighted by Gasteiger charge is -2.32. The van der Waals surface area contributed by atoms with Gasteiger partial charge in [-0.2, -0.15) is 0 Å². The van der Waals surface area contributed by atoms with Crippen LogP contribution in [0.1, 0.15) is 22.3 Å². The predicted octanol–water partition coefficient (Wildman–Crippen LogP) is 18.7. The first kappa shape index (κ1) is 39.7. The van der Waals surface area contributed by atoms with Crippen LogP contribution < -0.4 is 4.90 Å². The second-order valence-corrected chi connectivity index (χ2v) is 19.1. The van der Waals surface area contributed by atoms with Crippen LogP contribution in [0.15, 0.2) is 265 Å². The lowest BCUT2D eigenvalue weighted by atomic mass is 9.70. The van der Waals surface area contributed by atoms with E-state index in [1.54, 1.807) is 0 Å². The molecular formula is C69H43NO. The van der Waals surface area contributed by atoms with Gasteiger partial charge in [0, 0.05) is 33.3 Å². The zero-order valence-electron chi connectivity index (χ0n) is 38.7. The van der Waals surface area contributed by atoms with E-state index in [0.717, 1.165) is 55.7 Å². The molecule has 12 aromatic carbocycles. The van der Waals surface area contributed by atoms with E-state index in [9.17, 15) is 0 Å². The molecule has 1 heterocycles. The number of nitrogens with zero attached hydrogens (tertiary/aromatic N) is 1. The van der Waals surface area contributed by atoms with Crippen LogP contribution in [-0.2, 0) is 5.41 Å².